The maximum absolute atomic E-state index is 12.5. The molecule has 3 rings (SSSR count). The van der Waals surface area contributed by atoms with Gasteiger partial charge in [0.15, 0.2) is 0 Å². The van der Waals surface area contributed by atoms with Crippen LogP contribution in [0.5, 0.6) is 0 Å². The van der Waals surface area contributed by atoms with Crippen LogP contribution in [0.15, 0.2) is 59.5 Å². The highest BCUT2D eigenvalue weighted by molar-refractivity contribution is 8.26. The SMILES string of the molecule is CN1C(=O)C(=Cc2ccc(C(=O)NC(CO)Cc3ccccc3)cc2)SC1=S. The highest BCUT2D eigenvalue weighted by atomic mass is 32.2. The van der Waals surface area contributed by atoms with E-state index < -0.39 is 0 Å². The minimum atomic E-state index is -0.360. The molecule has 2 amide bonds. The number of aliphatic hydroxyl groups excluding tert-OH is 1. The Morgan fingerprint density at radius 3 is 2.46 bits per heavy atom. The van der Waals surface area contributed by atoms with Gasteiger partial charge in [0.2, 0.25) is 0 Å². The van der Waals surface area contributed by atoms with E-state index in [9.17, 15) is 14.7 Å². The quantitative estimate of drug-likeness (QED) is 0.564. The van der Waals surface area contributed by atoms with E-state index in [-0.39, 0.29) is 24.5 Å². The number of carbonyl (C=O) groups excluding carboxylic acids is 2. The molecular weight excluding hydrogens is 392 g/mol. The van der Waals surface area contributed by atoms with E-state index in [0.29, 0.717) is 21.2 Å². The molecule has 0 bridgehead atoms. The van der Waals surface area contributed by atoms with Crippen molar-refractivity contribution in [3.8, 4) is 0 Å². The van der Waals surface area contributed by atoms with Crippen molar-refractivity contribution in [2.24, 2.45) is 0 Å². The standard InChI is InChI=1S/C21H20N2O3S2/c1-23-20(26)18(28-21(23)27)12-15-7-9-16(10-8-15)19(25)22-17(13-24)11-14-5-3-2-4-6-14/h2-10,12,17,24H,11,13H2,1H3,(H,22,25). The average molecular weight is 413 g/mol. The average Bonchev–Trinajstić information content (AvgIpc) is 2.95. The number of amides is 2. The van der Waals surface area contributed by atoms with Crippen LogP contribution in [-0.4, -0.2) is 45.8 Å². The Morgan fingerprint density at radius 1 is 1.21 bits per heavy atom. The zero-order valence-corrected chi connectivity index (χ0v) is 16.9. The third kappa shape index (κ3) is 4.86. The fraction of sp³-hybridized carbons (Fsp3) is 0.190. The predicted molar refractivity (Wildman–Crippen MR) is 116 cm³/mol. The van der Waals surface area contributed by atoms with Crippen molar-refractivity contribution in [2.45, 2.75) is 12.5 Å². The molecule has 1 aliphatic heterocycles. The number of carbonyl (C=O) groups is 2. The summed E-state index contributed by atoms with van der Waals surface area (Å²) in [6.07, 6.45) is 2.32. The highest BCUT2D eigenvalue weighted by Gasteiger charge is 2.28. The molecule has 0 aliphatic carbocycles. The molecule has 1 atom stereocenters. The number of hydrogen-bond acceptors (Lipinski definition) is 5. The van der Waals surface area contributed by atoms with Gasteiger partial charge < -0.3 is 10.4 Å². The van der Waals surface area contributed by atoms with Crippen LogP contribution in [0, 0.1) is 0 Å². The molecule has 144 valence electrons. The van der Waals surface area contributed by atoms with Crippen molar-refractivity contribution < 1.29 is 14.7 Å². The fourth-order valence-corrected chi connectivity index (χ4v) is 3.94. The molecule has 2 N–H and O–H groups in total. The number of hydrogen-bond donors (Lipinski definition) is 2. The molecule has 0 radical (unpaired) electrons. The molecule has 1 unspecified atom stereocenters. The number of nitrogens with zero attached hydrogens (tertiary/aromatic N) is 1. The van der Waals surface area contributed by atoms with Gasteiger partial charge in [-0.05, 0) is 35.8 Å². The second kappa shape index (κ2) is 9.14. The van der Waals surface area contributed by atoms with Gasteiger partial charge in [-0.25, -0.2) is 0 Å². The van der Waals surface area contributed by atoms with Crippen LogP contribution in [0.25, 0.3) is 6.08 Å². The summed E-state index contributed by atoms with van der Waals surface area (Å²) in [5.74, 6) is -0.370. The van der Waals surface area contributed by atoms with Crippen molar-refractivity contribution in [3.05, 3.63) is 76.2 Å². The first-order valence-electron chi connectivity index (χ1n) is 8.75. The molecule has 7 heteroatoms. The molecule has 1 saturated heterocycles. The first kappa shape index (κ1) is 20.3. The maximum Gasteiger partial charge on any atom is 0.265 e. The van der Waals surface area contributed by atoms with Crippen molar-refractivity contribution >= 4 is 46.2 Å². The lowest BCUT2D eigenvalue weighted by molar-refractivity contribution is -0.121. The van der Waals surface area contributed by atoms with Crippen LogP contribution in [0.3, 0.4) is 0 Å². The Kier molecular flexibility index (Phi) is 6.61. The van der Waals surface area contributed by atoms with Gasteiger partial charge in [-0.1, -0.05) is 66.4 Å². The number of rotatable bonds is 6. The molecule has 1 aliphatic rings. The number of thiocarbonyl (C=S) groups is 1. The number of likely N-dealkylation sites (N-methyl/N-ethyl adjacent to an activating group) is 1. The van der Waals surface area contributed by atoms with Crippen LogP contribution < -0.4 is 5.32 Å². The van der Waals surface area contributed by atoms with Gasteiger partial charge >= 0.3 is 0 Å². The molecule has 2 aromatic rings. The summed E-state index contributed by atoms with van der Waals surface area (Å²) >= 11 is 6.38. The number of aliphatic hydroxyl groups is 1. The Bertz CT molecular complexity index is 911. The van der Waals surface area contributed by atoms with Gasteiger partial charge in [0.1, 0.15) is 4.32 Å². The maximum atomic E-state index is 12.5. The van der Waals surface area contributed by atoms with Crippen molar-refractivity contribution in [2.75, 3.05) is 13.7 Å². The van der Waals surface area contributed by atoms with E-state index in [4.69, 9.17) is 12.2 Å². The summed E-state index contributed by atoms with van der Waals surface area (Å²) < 4.78 is 0.528. The largest absolute Gasteiger partial charge is 0.394 e. The lowest BCUT2D eigenvalue weighted by atomic mass is 10.1. The topological polar surface area (TPSA) is 69.6 Å². The minimum absolute atomic E-state index is 0.122. The number of benzene rings is 2. The first-order valence-corrected chi connectivity index (χ1v) is 9.97. The van der Waals surface area contributed by atoms with Gasteiger partial charge in [-0.15, -0.1) is 0 Å². The lowest BCUT2D eigenvalue weighted by Crippen LogP contribution is -2.39. The summed E-state index contributed by atoms with van der Waals surface area (Å²) in [5, 5.41) is 12.4. The summed E-state index contributed by atoms with van der Waals surface area (Å²) in [7, 11) is 1.65. The smallest absolute Gasteiger partial charge is 0.265 e. The van der Waals surface area contributed by atoms with Crippen LogP contribution in [0.2, 0.25) is 0 Å². The number of nitrogens with one attached hydrogen (secondary N) is 1. The van der Waals surface area contributed by atoms with Gasteiger partial charge in [-0.2, -0.15) is 0 Å². The second-order valence-corrected chi connectivity index (χ2v) is 8.08. The van der Waals surface area contributed by atoms with Gasteiger partial charge in [0.25, 0.3) is 11.8 Å². The Morgan fingerprint density at radius 2 is 1.89 bits per heavy atom. The summed E-state index contributed by atoms with van der Waals surface area (Å²) in [6, 6.07) is 16.3. The van der Waals surface area contributed by atoms with E-state index in [0.717, 1.165) is 11.1 Å². The van der Waals surface area contributed by atoms with E-state index in [1.54, 1.807) is 37.4 Å². The molecular formula is C21H20N2O3S2. The summed E-state index contributed by atoms with van der Waals surface area (Å²) in [4.78, 5) is 26.5. The van der Waals surface area contributed by atoms with Crippen molar-refractivity contribution in [1.29, 1.82) is 0 Å². The highest BCUT2D eigenvalue weighted by Crippen LogP contribution is 2.31. The summed E-state index contributed by atoms with van der Waals surface area (Å²) in [6.45, 7) is -0.141. The Hall–Kier alpha value is -2.48. The molecule has 2 aromatic carbocycles. The van der Waals surface area contributed by atoms with Crippen LogP contribution >= 0.6 is 24.0 Å². The third-order valence-corrected chi connectivity index (χ3v) is 5.82. The van der Waals surface area contributed by atoms with Crippen molar-refractivity contribution in [1.82, 2.24) is 10.2 Å². The Balaban J connectivity index is 1.65. The fourth-order valence-electron chi connectivity index (χ4n) is 2.76. The zero-order chi connectivity index (χ0) is 20.1. The van der Waals surface area contributed by atoms with Gasteiger partial charge in [-0.3, -0.25) is 14.5 Å². The molecule has 0 saturated carbocycles. The predicted octanol–water partition coefficient (Wildman–Crippen LogP) is 2.85. The molecule has 5 nitrogen and oxygen atoms in total. The molecule has 1 fully saturated rings. The van der Waals surface area contributed by atoms with E-state index >= 15 is 0 Å². The van der Waals surface area contributed by atoms with Gasteiger partial charge in [0.05, 0.1) is 17.6 Å². The van der Waals surface area contributed by atoms with E-state index in [1.165, 1.54) is 16.7 Å². The van der Waals surface area contributed by atoms with Crippen LogP contribution in [-0.2, 0) is 11.2 Å². The van der Waals surface area contributed by atoms with E-state index in [2.05, 4.69) is 5.32 Å². The number of thioether (sulfide) groups is 1. The van der Waals surface area contributed by atoms with Crippen LogP contribution in [0.4, 0.5) is 0 Å². The van der Waals surface area contributed by atoms with Crippen LogP contribution in [0.1, 0.15) is 21.5 Å². The molecule has 0 aromatic heterocycles. The van der Waals surface area contributed by atoms with Gasteiger partial charge in [0, 0.05) is 12.6 Å². The zero-order valence-electron chi connectivity index (χ0n) is 15.3. The van der Waals surface area contributed by atoms with Crippen molar-refractivity contribution in [3.63, 3.8) is 0 Å². The minimum Gasteiger partial charge on any atom is -0.394 e. The first-order chi connectivity index (χ1) is 13.5. The van der Waals surface area contributed by atoms with E-state index in [1.807, 2.05) is 30.3 Å². The lowest BCUT2D eigenvalue weighted by Gasteiger charge is -2.16. The molecule has 1 heterocycles. The normalized spacial score (nSPS) is 16.5. The molecule has 28 heavy (non-hydrogen) atoms. The third-order valence-electron chi connectivity index (χ3n) is 4.34. The molecule has 0 spiro atoms. The Labute approximate surface area is 173 Å². The second-order valence-electron chi connectivity index (χ2n) is 6.41. The monoisotopic (exact) mass is 412 g/mol. The summed E-state index contributed by atoms with van der Waals surface area (Å²) in [5.41, 5.74) is 2.35.